The second kappa shape index (κ2) is 10.6. The van der Waals surface area contributed by atoms with E-state index in [9.17, 15) is 4.79 Å². The van der Waals surface area contributed by atoms with Crippen LogP contribution in [0, 0.1) is 0 Å². The number of amides is 1. The zero-order valence-electron chi connectivity index (χ0n) is 18.1. The number of nitrogens with zero attached hydrogens (tertiary/aromatic N) is 3. The number of aromatic nitrogens is 1. The van der Waals surface area contributed by atoms with Gasteiger partial charge >= 0.3 is 0 Å². The molecule has 0 aliphatic heterocycles. The molecule has 1 amide bonds. The summed E-state index contributed by atoms with van der Waals surface area (Å²) in [6.45, 7) is 1.42. The summed E-state index contributed by atoms with van der Waals surface area (Å²) in [7, 11) is 7.22. The minimum atomic E-state index is -0.142. The van der Waals surface area contributed by atoms with Crippen molar-refractivity contribution in [2.75, 3.05) is 46.3 Å². The van der Waals surface area contributed by atoms with E-state index in [1.54, 1.807) is 37.3 Å². The lowest BCUT2D eigenvalue weighted by molar-refractivity contribution is -0.114. The summed E-state index contributed by atoms with van der Waals surface area (Å²) in [6.07, 6.45) is 4.11. The summed E-state index contributed by atoms with van der Waals surface area (Å²) in [5.41, 5.74) is 1.56. The van der Waals surface area contributed by atoms with Gasteiger partial charge in [-0.15, -0.1) is 0 Å². The van der Waals surface area contributed by atoms with Crippen LogP contribution in [0.15, 0.2) is 42.5 Å². The zero-order valence-corrected chi connectivity index (χ0v) is 19.7. The van der Waals surface area contributed by atoms with E-state index in [1.807, 2.05) is 44.4 Å². The molecule has 0 saturated heterocycles. The third kappa shape index (κ3) is 5.76. The van der Waals surface area contributed by atoms with Gasteiger partial charge in [-0.25, -0.2) is 4.98 Å². The molecule has 0 aliphatic rings. The summed E-state index contributed by atoms with van der Waals surface area (Å²) in [4.78, 5) is 21.6. The van der Waals surface area contributed by atoms with Crippen LogP contribution in [-0.4, -0.2) is 57.2 Å². The Morgan fingerprint density at radius 3 is 2.52 bits per heavy atom. The number of halogens is 1. The molecule has 6 nitrogen and oxygen atoms in total. The normalized spacial score (nSPS) is 11.4. The lowest BCUT2D eigenvalue weighted by Crippen LogP contribution is -2.32. The standard InChI is InChI=1S/C23H26ClN3O3S/c1-26(2)12-7-13-27(22(28)11-10-16-8-5-6-9-17(16)24)23-25-18-14-19(29-3)20(30-4)15-21(18)31-23/h5-6,8-11,14-15H,7,12-13H2,1-4H3/b11-10+. The lowest BCUT2D eigenvalue weighted by atomic mass is 10.2. The number of carbonyl (C=O) groups excluding carboxylic acids is 1. The number of benzene rings is 2. The van der Waals surface area contributed by atoms with Crippen LogP contribution in [0.25, 0.3) is 16.3 Å². The van der Waals surface area contributed by atoms with Crippen LogP contribution < -0.4 is 14.4 Å². The van der Waals surface area contributed by atoms with Crippen molar-refractivity contribution < 1.29 is 14.3 Å². The number of anilines is 1. The van der Waals surface area contributed by atoms with Gasteiger partial charge in [-0.1, -0.05) is 41.1 Å². The maximum absolute atomic E-state index is 13.1. The molecule has 8 heteroatoms. The van der Waals surface area contributed by atoms with E-state index in [1.165, 1.54) is 11.3 Å². The van der Waals surface area contributed by atoms with Gasteiger partial charge in [-0.2, -0.15) is 0 Å². The fourth-order valence-corrected chi connectivity index (χ4v) is 4.27. The maximum Gasteiger partial charge on any atom is 0.252 e. The van der Waals surface area contributed by atoms with E-state index in [-0.39, 0.29) is 5.91 Å². The number of methoxy groups -OCH3 is 2. The summed E-state index contributed by atoms with van der Waals surface area (Å²) < 4.78 is 11.7. The summed E-state index contributed by atoms with van der Waals surface area (Å²) in [6, 6.07) is 11.1. The van der Waals surface area contributed by atoms with Gasteiger partial charge in [-0.3, -0.25) is 9.69 Å². The molecular formula is C23H26ClN3O3S. The van der Waals surface area contributed by atoms with Gasteiger partial charge in [0.15, 0.2) is 16.6 Å². The Balaban J connectivity index is 1.92. The first kappa shape index (κ1) is 23.1. The molecule has 0 atom stereocenters. The molecule has 0 bridgehead atoms. The van der Waals surface area contributed by atoms with Crippen molar-refractivity contribution in [2.45, 2.75) is 6.42 Å². The zero-order chi connectivity index (χ0) is 22.4. The van der Waals surface area contributed by atoms with Gasteiger partial charge in [-0.05, 0) is 44.8 Å². The number of hydrogen-bond acceptors (Lipinski definition) is 6. The average molecular weight is 460 g/mol. The van der Waals surface area contributed by atoms with E-state index in [2.05, 4.69) is 4.90 Å². The lowest BCUT2D eigenvalue weighted by Gasteiger charge is -2.19. The Bertz CT molecular complexity index is 1040. The van der Waals surface area contributed by atoms with Crippen LogP contribution in [-0.2, 0) is 4.79 Å². The van der Waals surface area contributed by atoms with Gasteiger partial charge in [0, 0.05) is 29.8 Å². The van der Waals surface area contributed by atoms with E-state index < -0.39 is 0 Å². The van der Waals surface area contributed by atoms with Gasteiger partial charge in [0.1, 0.15) is 0 Å². The molecule has 1 heterocycles. The molecule has 0 radical (unpaired) electrons. The van der Waals surface area contributed by atoms with Crippen molar-refractivity contribution in [3.05, 3.63) is 53.1 Å². The highest BCUT2D eigenvalue weighted by molar-refractivity contribution is 7.22. The van der Waals surface area contributed by atoms with Crippen molar-refractivity contribution in [3.63, 3.8) is 0 Å². The van der Waals surface area contributed by atoms with Crippen molar-refractivity contribution in [1.82, 2.24) is 9.88 Å². The topological polar surface area (TPSA) is 54.9 Å². The molecule has 0 N–H and O–H groups in total. The van der Waals surface area contributed by atoms with E-state index in [0.29, 0.717) is 28.2 Å². The Morgan fingerprint density at radius 2 is 1.84 bits per heavy atom. The number of thiazole rings is 1. The first-order chi connectivity index (χ1) is 14.9. The SMILES string of the molecule is COc1cc2nc(N(CCCN(C)C)C(=O)/C=C/c3ccccc3Cl)sc2cc1OC. The molecule has 31 heavy (non-hydrogen) atoms. The van der Waals surface area contributed by atoms with Crippen molar-refractivity contribution in [2.24, 2.45) is 0 Å². The largest absolute Gasteiger partial charge is 0.493 e. The predicted molar refractivity (Wildman–Crippen MR) is 129 cm³/mol. The smallest absolute Gasteiger partial charge is 0.252 e. The molecule has 3 aromatic rings. The van der Waals surface area contributed by atoms with Crippen LogP contribution in [0.4, 0.5) is 5.13 Å². The molecule has 164 valence electrons. The van der Waals surface area contributed by atoms with Crippen LogP contribution >= 0.6 is 22.9 Å². The highest BCUT2D eigenvalue weighted by Crippen LogP contribution is 2.37. The van der Waals surface area contributed by atoms with E-state index >= 15 is 0 Å². The first-order valence-corrected chi connectivity index (χ1v) is 11.0. The maximum atomic E-state index is 13.1. The second-order valence-electron chi connectivity index (χ2n) is 7.17. The highest BCUT2D eigenvalue weighted by Gasteiger charge is 2.19. The molecule has 0 saturated carbocycles. The third-order valence-corrected chi connectivity index (χ3v) is 6.06. The molecule has 0 unspecified atom stereocenters. The van der Waals surface area contributed by atoms with Gasteiger partial charge in [0.2, 0.25) is 0 Å². The first-order valence-electron chi connectivity index (χ1n) is 9.84. The Morgan fingerprint density at radius 1 is 1.13 bits per heavy atom. The van der Waals surface area contributed by atoms with Crippen LogP contribution in [0.3, 0.4) is 0 Å². The van der Waals surface area contributed by atoms with Gasteiger partial charge < -0.3 is 14.4 Å². The fraction of sp³-hybridized carbons (Fsp3) is 0.304. The molecular weight excluding hydrogens is 434 g/mol. The van der Waals surface area contributed by atoms with Gasteiger partial charge in [0.25, 0.3) is 5.91 Å². The predicted octanol–water partition coefficient (Wildman–Crippen LogP) is 4.97. The minimum Gasteiger partial charge on any atom is -0.493 e. The number of carbonyl (C=O) groups is 1. The molecule has 1 aromatic heterocycles. The summed E-state index contributed by atoms with van der Waals surface area (Å²) in [5.74, 6) is 1.10. The van der Waals surface area contributed by atoms with Crippen LogP contribution in [0.2, 0.25) is 5.02 Å². The quantitative estimate of drug-likeness (QED) is 0.423. The van der Waals surface area contributed by atoms with E-state index in [0.717, 1.165) is 28.7 Å². The van der Waals surface area contributed by atoms with E-state index in [4.69, 9.17) is 26.1 Å². The Labute approximate surface area is 191 Å². The molecule has 0 fully saturated rings. The molecule has 0 spiro atoms. The third-order valence-electron chi connectivity index (χ3n) is 4.68. The number of rotatable bonds is 9. The molecule has 3 rings (SSSR count). The van der Waals surface area contributed by atoms with Crippen LogP contribution in [0.5, 0.6) is 11.5 Å². The number of ether oxygens (including phenoxy) is 2. The molecule has 0 aliphatic carbocycles. The van der Waals surface area contributed by atoms with Crippen molar-refractivity contribution in [3.8, 4) is 11.5 Å². The summed E-state index contributed by atoms with van der Waals surface area (Å²) in [5, 5.41) is 1.24. The minimum absolute atomic E-state index is 0.142. The van der Waals surface area contributed by atoms with Crippen molar-refractivity contribution in [1.29, 1.82) is 0 Å². The van der Waals surface area contributed by atoms with Gasteiger partial charge in [0.05, 0.1) is 24.4 Å². The monoisotopic (exact) mass is 459 g/mol. The molecule has 2 aromatic carbocycles. The average Bonchev–Trinajstić information content (AvgIpc) is 3.17. The highest BCUT2D eigenvalue weighted by atomic mass is 35.5. The van der Waals surface area contributed by atoms with Crippen LogP contribution in [0.1, 0.15) is 12.0 Å². The van der Waals surface area contributed by atoms with Crippen molar-refractivity contribution >= 4 is 50.3 Å². The second-order valence-corrected chi connectivity index (χ2v) is 8.59. The Kier molecular flexibility index (Phi) is 7.90. The Hall–Kier alpha value is -2.61. The summed E-state index contributed by atoms with van der Waals surface area (Å²) >= 11 is 7.67. The number of fused-ring (bicyclic) bond motifs is 1. The number of hydrogen-bond donors (Lipinski definition) is 0. The fourth-order valence-electron chi connectivity index (χ4n) is 3.06.